The zero-order valence-corrected chi connectivity index (χ0v) is 12.8. The van der Waals surface area contributed by atoms with Crippen LogP contribution in [0.25, 0.3) is 11.0 Å². The lowest BCUT2D eigenvalue weighted by Gasteiger charge is -2.12. The van der Waals surface area contributed by atoms with Gasteiger partial charge >= 0.3 is 0 Å². The number of aromatic nitrogens is 1. The molecule has 5 nitrogen and oxygen atoms in total. The zero-order chi connectivity index (χ0) is 15.7. The summed E-state index contributed by atoms with van der Waals surface area (Å²) in [6.07, 6.45) is 0.192. The zero-order valence-electron chi connectivity index (χ0n) is 12.8. The molecule has 0 aliphatic carbocycles. The van der Waals surface area contributed by atoms with Crippen molar-refractivity contribution >= 4 is 16.9 Å². The number of para-hydroxylation sites is 1. The minimum Gasteiger partial charge on any atom is -0.466 e. The third-order valence-corrected chi connectivity index (χ3v) is 3.70. The number of amides is 1. The SMILES string of the molecule is Cc1cc([C@@H](C)NC(=O)Cc2noc3ccccc23)c(C)o1. The van der Waals surface area contributed by atoms with Gasteiger partial charge < -0.3 is 14.3 Å². The van der Waals surface area contributed by atoms with Gasteiger partial charge in [0.05, 0.1) is 12.5 Å². The second-order valence-corrected chi connectivity index (χ2v) is 5.46. The number of furan rings is 1. The first-order valence-electron chi connectivity index (χ1n) is 7.24. The predicted octanol–water partition coefficient (Wildman–Crippen LogP) is 3.46. The Morgan fingerprint density at radius 2 is 2.09 bits per heavy atom. The molecule has 22 heavy (non-hydrogen) atoms. The fraction of sp³-hybridized carbons (Fsp3) is 0.294. The van der Waals surface area contributed by atoms with E-state index in [0.717, 1.165) is 22.5 Å². The lowest BCUT2D eigenvalue weighted by Crippen LogP contribution is -2.28. The summed E-state index contributed by atoms with van der Waals surface area (Å²) in [5, 5.41) is 7.83. The third-order valence-electron chi connectivity index (χ3n) is 3.70. The van der Waals surface area contributed by atoms with Crippen LogP contribution in [-0.2, 0) is 11.2 Å². The molecule has 0 aliphatic heterocycles. The maximum atomic E-state index is 12.2. The molecule has 0 unspecified atom stereocenters. The number of aryl methyl sites for hydroxylation is 2. The number of rotatable bonds is 4. The van der Waals surface area contributed by atoms with Gasteiger partial charge in [0.15, 0.2) is 5.58 Å². The monoisotopic (exact) mass is 298 g/mol. The molecule has 1 N–H and O–H groups in total. The molecule has 0 spiro atoms. The van der Waals surface area contributed by atoms with E-state index < -0.39 is 0 Å². The third kappa shape index (κ3) is 2.74. The van der Waals surface area contributed by atoms with Crippen molar-refractivity contribution in [3.05, 3.63) is 53.1 Å². The Morgan fingerprint density at radius 3 is 2.82 bits per heavy atom. The summed E-state index contributed by atoms with van der Waals surface area (Å²) in [7, 11) is 0. The van der Waals surface area contributed by atoms with Crippen molar-refractivity contribution in [3.8, 4) is 0 Å². The van der Waals surface area contributed by atoms with Gasteiger partial charge in [0, 0.05) is 10.9 Å². The molecule has 3 aromatic rings. The highest BCUT2D eigenvalue weighted by atomic mass is 16.5. The molecular weight excluding hydrogens is 280 g/mol. The number of nitrogens with zero attached hydrogens (tertiary/aromatic N) is 1. The lowest BCUT2D eigenvalue weighted by atomic mass is 10.1. The van der Waals surface area contributed by atoms with Gasteiger partial charge in [-0.2, -0.15) is 0 Å². The molecule has 0 bridgehead atoms. The molecule has 0 saturated heterocycles. The normalized spacial score (nSPS) is 12.5. The molecule has 2 aromatic heterocycles. The highest BCUT2D eigenvalue weighted by molar-refractivity contribution is 5.86. The largest absolute Gasteiger partial charge is 0.466 e. The number of fused-ring (bicyclic) bond motifs is 1. The van der Waals surface area contributed by atoms with E-state index in [0.29, 0.717) is 11.3 Å². The molecule has 0 radical (unpaired) electrons. The second-order valence-electron chi connectivity index (χ2n) is 5.46. The lowest BCUT2D eigenvalue weighted by molar-refractivity contribution is -0.121. The van der Waals surface area contributed by atoms with Crippen LogP contribution in [0.5, 0.6) is 0 Å². The van der Waals surface area contributed by atoms with Gasteiger partial charge in [-0.3, -0.25) is 4.79 Å². The first-order chi connectivity index (χ1) is 10.5. The quantitative estimate of drug-likeness (QED) is 0.801. The molecule has 2 heterocycles. The van der Waals surface area contributed by atoms with Crippen molar-refractivity contribution in [3.63, 3.8) is 0 Å². The molecule has 1 atom stereocenters. The van der Waals surface area contributed by atoms with Gasteiger partial charge in [-0.25, -0.2) is 0 Å². The summed E-state index contributed by atoms with van der Waals surface area (Å²) in [6.45, 7) is 5.73. The van der Waals surface area contributed by atoms with Gasteiger partial charge in [0.2, 0.25) is 5.91 Å². The van der Waals surface area contributed by atoms with E-state index in [1.54, 1.807) is 0 Å². The molecule has 1 amide bonds. The summed E-state index contributed by atoms with van der Waals surface area (Å²) >= 11 is 0. The van der Waals surface area contributed by atoms with Crippen molar-refractivity contribution in [1.29, 1.82) is 0 Å². The van der Waals surface area contributed by atoms with Crippen LogP contribution in [0.3, 0.4) is 0 Å². The molecule has 0 aliphatic rings. The van der Waals surface area contributed by atoms with E-state index in [2.05, 4.69) is 10.5 Å². The highest BCUT2D eigenvalue weighted by Crippen LogP contribution is 2.22. The number of nitrogens with one attached hydrogen (secondary N) is 1. The average molecular weight is 298 g/mol. The van der Waals surface area contributed by atoms with Crippen LogP contribution in [0.4, 0.5) is 0 Å². The highest BCUT2D eigenvalue weighted by Gasteiger charge is 2.17. The van der Waals surface area contributed by atoms with Gasteiger partial charge in [-0.1, -0.05) is 17.3 Å². The fourth-order valence-corrected chi connectivity index (χ4v) is 2.67. The maximum absolute atomic E-state index is 12.2. The number of hydrogen-bond acceptors (Lipinski definition) is 4. The minimum absolute atomic E-state index is 0.0928. The van der Waals surface area contributed by atoms with Crippen molar-refractivity contribution in [2.24, 2.45) is 0 Å². The van der Waals surface area contributed by atoms with E-state index in [-0.39, 0.29) is 18.4 Å². The Labute approximate surface area is 128 Å². The molecule has 0 saturated carbocycles. The number of benzene rings is 1. The van der Waals surface area contributed by atoms with Crippen LogP contribution in [0, 0.1) is 13.8 Å². The number of carbonyl (C=O) groups is 1. The Morgan fingerprint density at radius 1 is 1.32 bits per heavy atom. The van der Waals surface area contributed by atoms with Crippen LogP contribution in [0.1, 0.15) is 35.7 Å². The molecule has 3 rings (SSSR count). The van der Waals surface area contributed by atoms with Gasteiger partial charge in [0.1, 0.15) is 17.2 Å². The topological polar surface area (TPSA) is 68.3 Å². The standard InChI is InChI=1S/C17H18N2O3/c1-10-8-14(12(3)21-10)11(2)18-17(20)9-15-13-6-4-5-7-16(13)22-19-15/h4-8,11H,9H2,1-3H3,(H,18,20)/t11-/m1/s1. The Bertz CT molecular complexity index is 816. The Kier molecular flexibility index (Phi) is 3.71. The maximum Gasteiger partial charge on any atom is 0.226 e. The van der Waals surface area contributed by atoms with E-state index in [4.69, 9.17) is 8.94 Å². The summed E-state index contributed by atoms with van der Waals surface area (Å²) in [6, 6.07) is 9.37. The molecule has 1 aromatic carbocycles. The summed E-state index contributed by atoms with van der Waals surface area (Å²) in [4.78, 5) is 12.2. The Balaban J connectivity index is 1.71. The molecule has 0 fully saturated rings. The van der Waals surface area contributed by atoms with Crippen molar-refractivity contribution < 1.29 is 13.7 Å². The van der Waals surface area contributed by atoms with Crippen molar-refractivity contribution in [2.45, 2.75) is 33.2 Å². The Hall–Kier alpha value is -2.56. The summed E-state index contributed by atoms with van der Waals surface area (Å²) in [5.74, 6) is 1.58. The number of carbonyl (C=O) groups excluding carboxylic acids is 1. The van der Waals surface area contributed by atoms with Gasteiger partial charge in [-0.15, -0.1) is 0 Å². The van der Waals surface area contributed by atoms with Crippen LogP contribution in [0.15, 0.2) is 39.3 Å². The first-order valence-corrected chi connectivity index (χ1v) is 7.24. The van der Waals surface area contributed by atoms with Gasteiger partial charge in [0.25, 0.3) is 0 Å². The molecule has 114 valence electrons. The van der Waals surface area contributed by atoms with E-state index in [9.17, 15) is 4.79 Å². The number of hydrogen-bond donors (Lipinski definition) is 1. The smallest absolute Gasteiger partial charge is 0.226 e. The van der Waals surface area contributed by atoms with Crippen molar-refractivity contribution in [2.75, 3.05) is 0 Å². The summed E-state index contributed by atoms with van der Waals surface area (Å²) in [5.41, 5.74) is 2.34. The predicted molar refractivity (Wildman–Crippen MR) is 82.5 cm³/mol. The average Bonchev–Trinajstić information content (AvgIpc) is 3.02. The summed E-state index contributed by atoms with van der Waals surface area (Å²) < 4.78 is 10.7. The second kappa shape index (κ2) is 5.67. The van der Waals surface area contributed by atoms with E-state index in [1.165, 1.54) is 0 Å². The minimum atomic E-state index is -0.108. The molecule has 5 heteroatoms. The van der Waals surface area contributed by atoms with E-state index in [1.807, 2.05) is 51.1 Å². The van der Waals surface area contributed by atoms with E-state index >= 15 is 0 Å². The van der Waals surface area contributed by atoms with Crippen LogP contribution >= 0.6 is 0 Å². The first kappa shape index (κ1) is 14.4. The van der Waals surface area contributed by atoms with Crippen LogP contribution in [0.2, 0.25) is 0 Å². The fourth-order valence-electron chi connectivity index (χ4n) is 2.67. The van der Waals surface area contributed by atoms with Crippen LogP contribution in [-0.4, -0.2) is 11.1 Å². The molecular formula is C17H18N2O3. The van der Waals surface area contributed by atoms with Gasteiger partial charge in [-0.05, 0) is 39.0 Å². The van der Waals surface area contributed by atoms with Crippen LogP contribution < -0.4 is 5.32 Å². The van der Waals surface area contributed by atoms with Crippen molar-refractivity contribution in [1.82, 2.24) is 10.5 Å².